The zero-order valence-corrected chi connectivity index (χ0v) is 38.1. The molecule has 2 atom stereocenters. The molecule has 3 N–H and O–H groups in total. The van der Waals surface area contributed by atoms with Crippen molar-refractivity contribution in [2.75, 3.05) is 20.8 Å². The first-order valence-corrected chi connectivity index (χ1v) is 22.7. The largest absolute Gasteiger partial charge is 0.480 e. The number of halogens is 3. The Labute approximate surface area is 367 Å². The topological polar surface area (TPSA) is 164 Å². The molecule has 0 saturated carbocycles. The van der Waals surface area contributed by atoms with Crippen LogP contribution >= 0.6 is 34.8 Å². The molecule has 1 aliphatic rings. The van der Waals surface area contributed by atoms with Crippen LogP contribution in [0.15, 0.2) is 72.1 Å². The van der Waals surface area contributed by atoms with Crippen molar-refractivity contribution in [2.24, 2.45) is 5.10 Å². The van der Waals surface area contributed by atoms with Crippen molar-refractivity contribution in [3.05, 3.63) is 98.7 Å². The van der Waals surface area contributed by atoms with Gasteiger partial charge in [0.25, 0.3) is 17.7 Å². The van der Waals surface area contributed by atoms with Crippen LogP contribution < -0.4 is 25.1 Å². The molecule has 3 amide bonds. The number of nitrogens with zero attached hydrogens (tertiary/aromatic N) is 4. The summed E-state index contributed by atoms with van der Waals surface area (Å²) in [7, 11) is -3.69. The summed E-state index contributed by atoms with van der Waals surface area (Å²) in [4.78, 5) is 41.7. The van der Waals surface area contributed by atoms with E-state index in [1.807, 2.05) is 19.9 Å². The lowest BCUT2D eigenvalue weighted by atomic mass is 9.76. The van der Waals surface area contributed by atoms with E-state index in [9.17, 15) is 22.8 Å². The number of rotatable bonds is 17. The summed E-state index contributed by atoms with van der Waals surface area (Å²) in [6.07, 6.45) is 5.05. The normalized spacial score (nSPS) is 15.1. The summed E-state index contributed by atoms with van der Waals surface area (Å²) in [6, 6.07) is 13.9. The second-order valence-corrected chi connectivity index (χ2v) is 19.1. The van der Waals surface area contributed by atoms with Crippen LogP contribution in [0.4, 0.5) is 17.1 Å². The predicted octanol–water partition coefficient (Wildman–Crippen LogP) is 9.89. The second-order valence-electron chi connectivity index (χ2n) is 16.0. The highest BCUT2D eigenvalue weighted by atomic mass is 35.5. The summed E-state index contributed by atoms with van der Waals surface area (Å²) in [5, 5.41) is 15.4. The number of amides is 3. The van der Waals surface area contributed by atoms with Gasteiger partial charge in [-0.25, -0.2) is 8.42 Å². The Morgan fingerprint density at radius 3 is 2.22 bits per heavy atom. The Morgan fingerprint density at radius 2 is 1.58 bits per heavy atom. The molecule has 3 aromatic carbocycles. The Balaban J connectivity index is 1.40. The molecular weight excluding hydrogens is 849 g/mol. The first-order chi connectivity index (χ1) is 28.2. The molecule has 17 heteroatoms. The third-order valence-electron chi connectivity index (χ3n) is 10.8. The number of hydrogen-bond donors (Lipinski definition) is 3. The molecule has 4 aromatic rings. The minimum Gasteiger partial charge on any atom is -0.480 e. The Kier molecular flexibility index (Phi) is 14.7. The fourth-order valence-electron chi connectivity index (χ4n) is 6.37. The molecule has 0 radical (unpaired) electrons. The Hall–Kier alpha value is -4.63. The molecular formula is C43H52Cl3N7O6S. The van der Waals surface area contributed by atoms with E-state index in [1.54, 1.807) is 12.1 Å². The monoisotopic (exact) mass is 899 g/mol. The number of unbranched alkanes of at least 4 members (excludes halogenated alkanes) is 1. The van der Waals surface area contributed by atoms with Gasteiger partial charge in [-0.05, 0) is 78.5 Å². The maximum Gasteiger partial charge on any atom is 0.280 e. The van der Waals surface area contributed by atoms with Gasteiger partial charge in [-0.2, -0.15) is 10.1 Å². The average molecular weight is 901 g/mol. The van der Waals surface area contributed by atoms with Crippen LogP contribution in [0.3, 0.4) is 0 Å². The van der Waals surface area contributed by atoms with E-state index >= 15 is 0 Å². The van der Waals surface area contributed by atoms with Gasteiger partial charge in [0.15, 0.2) is 18.0 Å². The van der Waals surface area contributed by atoms with Crippen molar-refractivity contribution in [3.8, 4) is 5.75 Å². The Bertz CT molecular complexity index is 2380. The fraction of sp³-hybridized carbons (Fsp3) is 0.419. The minimum absolute atomic E-state index is 0.0122. The highest BCUT2D eigenvalue weighted by molar-refractivity contribution is 7.92. The standard InChI is InChI=1S/C43H52Cl3N7O6S/c1-9-13-19-60(57,58)51-30-24-47-52(25-30)37-38(50-53(41(37)56)36-32(45)22-28(44)23-33(36)46)49-39(54)26-15-14-16-29(20-26)48-40(55)34(10-2)59-35-18-17-27(42(5,6)11-3)21-31(35)43(7,8)12-4/h14-18,20-25,34,37,51H,9-13,19H2,1-8H3,(H,48,55)(H,49,50,54). The van der Waals surface area contributed by atoms with Crippen molar-refractivity contribution in [1.82, 2.24) is 15.1 Å². The van der Waals surface area contributed by atoms with E-state index in [4.69, 9.17) is 39.5 Å². The van der Waals surface area contributed by atoms with Gasteiger partial charge < -0.3 is 15.4 Å². The number of carbonyl (C=O) groups excluding carboxylic acids is 3. The number of carbonyl (C=O) groups is 3. The quantitative estimate of drug-likeness (QED) is 0.0950. The summed E-state index contributed by atoms with van der Waals surface area (Å²) in [5.41, 5.74) is 2.55. The van der Waals surface area contributed by atoms with Crippen molar-refractivity contribution >= 4 is 85.4 Å². The molecule has 1 aliphatic heterocycles. The molecule has 0 bridgehead atoms. The van der Waals surface area contributed by atoms with Crippen molar-refractivity contribution in [2.45, 2.75) is 110 Å². The van der Waals surface area contributed by atoms with E-state index in [1.165, 1.54) is 46.9 Å². The van der Waals surface area contributed by atoms with Crippen LogP contribution in [-0.4, -0.2) is 53.6 Å². The van der Waals surface area contributed by atoms with E-state index in [0.29, 0.717) is 30.7 Å². The molecule has 13 nitrogen and oxygen atoms in total. The molecule has 1 aromatic heterocycles. The number of amidine groups is 1. The lowest BCUT2D eigenvalue weighted by molar-refractivity contribution is -0.123. The summed E-state index contributed by atoms with van der Waals surface area (Å²) in [6.45, 7) is 16.8. The van der Waals surface area contributed by atoms with E-state index in [0.717, 1.165) is 23.4 Å². The number of aromatic nitrogens is 2. The van der Waals surface area contributed by atoms with Gasteiger partial charge in [0.05, 0.1) is 33.9 Å². The van der Waals surface area contributed by atoms with Crippen LogP contribution in [0.5, 0.6) is 5.75 Å². The van der Waals surface area contributed by atoms with Gasteiger partial charge in [0, 0.05) is 21.8 Å². The fourth-order valence-corrected chi connectivity index (χ4v) is 8.58. The van der Waals surface area contributed by atoms with E-state index in [-0.39, 0.29) is 54.4 Å². The average Bonchev–Trinajstić information content (AvgIpc) is 3.77. The number of anilines is 3. The number of nitrogens with one attached hydrogen (secondary N) is 3. The summed E-state index contributed by atoms with van der Waals surface area (Å²) >= 11 is 19.1. The second kappa shape index (κ2) is 19.0. The molecule has 2 heterocycles. The molecule has 60 heavy (non-hydrogen) atoms. The molecule has 2 unspecified atom stereocenters. The van der Waals surface area contributed by atoms with Crippen LogP contribution in [0, 0.1) is 0 Å². The van der Waals surface area contributed by atoms with Crippen LogP contribution in [-0.2, 0) is 30.4 Å². The first-order valence-electron chi connectivity index (χ1n) is 19.9. The summed E-state index contributed by atoms with van der Waals surface area (Å²) < 4.78 is 35.3. The van der Waals surface area contributed by atoms with Crippen LogP contribution in [0.1, 0.15) is 115 Å². The molecule has 5 rings (SSSR count). The summed E-state index contributed by atoms with van der Waals surface area (Å²) in [5.74, 6) is -1.40. The smallest absolute Gasteiger partial charge is 0.280 e. The molecule has 0 aliphatic carbocycles. The van der Waals surface area contributed by atoms with Gasteiger partial charge in [0.2, 0.25) is 10.0 Å². The highest BCUT2D eigenvalue weighted by Gasteiger charge is 2.42. The zero-order chi connectivity index (χ0) is 44.2. The zero-order valence-electron chi connectivity index (χ0n) is 35.0. The van der Waals surface area contributed by atoms with Gasteiger partial charge in [-0.15, -0.1) is 5.10 Å². The van der Waals surface area contributed by atoms with Gasteiger partial charge in [0.1, 0.15) is 11.4 Å². The van der Waals surface area contributed by atoms with Crippen LogP contribution in [0.25, 0.3) is 0 Å². The number of ether oxygens (including phenoxy) is 1. The third kappa shape index (κ3) is 10.6. The van der Waals surface area contributed by atoms with Crippen molar-refractivity contribution in [1.29, 1.82) is 0 Å². The molecule has 0 saturated heterocycles. The molecule has 0 fully saturated rings. The van der Waals surface area contributed by atoms with Crippen molar-refractivity contribution in [3.63, 3.8) is 0 Å². The number of sulfonamides is 1. The maximum absolute atomic E-state index is 14.1. The molecule has 0 spiro atoms. The van der Waals surface area contributed by atoms with Gasteiger partial charge in [-0.3, -0.25) is 23.8 Å². The minimum atomic E-state index is -3.69. The lowest BCUT2D eigenvalue weighted by Crippen LogP contribution is -2.38. The van der Waals surface area contributed by atoms with Gasteiger partial charge in [-0.1, -0.05) is 115 Å². The lowest BCUT2D eigenvalue weighted by Gasteiger charge is -2.31. The third-order valence-corrected chi connectivity index (χ3v) is 13.0. The SMILES string of the molecule is CCCCS(=O)(=O)Nc1cnn(C2C(=O)N(c3c(Cl)cc(Cl)cc3Cl)N=C2NC(=O)c2cccc(NC(=O)C(CC)Oc3ccc(C(C)(C)CC)cc3C(C)(C)CC)c2)c1. The number of hydrazone groups is 1. The molecule has 322 valence electrons. The van der Waals surface area contributed by atoms with Gasteiger partial charge >= 0.3 is 0 Å². The van der Waals surface area contributed by atoms with E-state index in [2.05, 4.69) is 79.2 Å². The van der Waals surface area contributed by atoms with E-state index < -0.39 is 39.9 Å². The number of benzene rings is 3. The Morgan fingerprint density at radius 1 is 0.900 bits per heavy atom. The maximum atomic E-state index is 14.1. The van der Waals surface area contributed by atoms with Crippen molar-refractivity contribution < 1.29 is 27.5 Å². The highest BCUT2D eigenvalue weighted by Crippen LogP contribution is 2.41. The number of hydrogen-bond acceptors (Lipinski definition) is 8. The van der Waals surface area contributed by atoms with Crippen LogP contribution in [0.2, 0.25) is 15.1 Å². The first kappa shape index (κ1) is 46.4. The predicted molar refractivity (Wildman–Crippen MR) is 240 cm³/mol.